The third-order valence-electron chi connectivity index (χ3n) is 3.51. The predicted molar refractivity (Wildman–Crippen MR) is 96.0 cm³/mol. The molecule has 2 rings (SSSR count). The number of hydrogen-bond donors (Lipinski definition) is 3. The fraction of sp³-hybridized carbons (Fsp3) is 0.471. The molecule has 0 atom stereocenters. The highest BCUT2D eigenvalue weighted by atomic mass is 32.2. The highest BCUT2D eigenvalue weighted by molar-refractivity contribution is 8.00. The molecule has 130 valence electrons. The molecule has 1 saturated carbocycles. The van der Waals surface area contributed by atoms with Crippen molar-refractivity contribution >= 4 is 35.2 Å². The highest BCUT2D eigenvalue weighted by Crippen LogP contribution is 2.18. The summed E-state index contributed by atoms with van der Waals surface area (Å²) in [6, 6.07) is 6.11. The lowest BCUT2D eigenvalue weighted by Gasteiger charge is -2.09. The molecular formula is C17H23N3O3S. The maximum atomic E-state index is 11.9. The zero-order valence-corrected chi connectivity index (χ0v) is 14.8. The van der Waals surface area contributed by atoms with Crippen LogP contribution >= 0.6 is 11.8 Å². The first-order chi connectivity index (χ1) is 11.4. The van der Waals surface area contributed by atoms with Crippen LogP contribution in [0.2, 0.25) is 0 Å². The van der Waals surface area contributed by atoms with E-state index in [1.165, 1.54) is 11.8 Å². The van der Waals surface area contributed by atoms with Crippen LogP contribution in [0.25, 0.3) is 0 Å². The van der Waals surface area contributed by atoms with Crippen LogP contribution in [-0.4, -0.2) is 41.8 Å². The third-order valence-corrected chi connectivity index (χ3v) is 4.44. The lowest BCUT2D eigenvalue weighted by atomic mass is 10.1. The second-order valence-corrected chi connectivity index (χ2v) is 6.96. The molecule has 1 aromatic rings. The molecule has 0 unspecified atom stereocenters. The zero-order chi connectivity index (χ0) is 17.5. The van der Waals surface area contributed by atoms with Gasteiger partial charge in [-0.05, 0) is 38.3 Å². The Hall–Kier alpha value is -2.02. The van der Waals surface area contributed by atoms with E-state index >= 15 is 0 Å². The van der Waals surface area contributed by atoms with Crippen LogP contribution in [0.4, 0.5) is 5.69 Å². The summed E-state index contributed by atoms with van der Waals surface area (Å²) in [6.45, 7) is 3.93. The Labute approximate surface area is 146 Å². The van der Waals surface area contributed by atoms with Crippen molar-refractivity contribution in [1.82, 2.24) is 10.6 Å². The first-order valence-corrected chi connectivity index (χ1v) is 9.10. The van der Waals surface area contributed by atoms with E-state index in [9.17, 15) is 14.4 Å². The zero-order valence-electron chi connectivity index (χ0n) is 14.0. The van der Waals surface area contributed by atoms with E-state index < -0.39 is 0 Å². The topological polar surface area (TPSA) is 87.3 Å². The van der Waals surface area contributed by atoms with Gasteiger partial charge in [0.2, 0.25) is 17.7 Å². The van der Waals surface area contributed by atoms with Gasteiger partial charge in [0.1, 0.15) is 0 Å². The molecular weight excluding hydrogens is 326 g/mol. The molecule has 1 fully saturated rings. The van der Waals surface area contributed by atoms with Crippen LogP contribution in [0.3, 0.4) is 0 Å². The minimum atomic E-state index is -0.245. The van der Waals surface area contributed by atoms with Crippen LogP contribution in [0, 0.1) is 13.8 Å². The monoisotopic (exact) mass is 349 g/mol. The molecule has 0 heterocycles. The standard InChI is InChI=1S/C17H23N3O3S/c1-11-3-6-14(12(2)7-11)20-17(23)10-24-9-16(22)18-8-15(21)19-13-4-5-13/h3,6-7,13H,4-5,8-10H2,1-2H3,(H,18,22)(H,19,21)(H,20,23). The Morgan fingerprint density at radius 3 is 2.46 bits per heavy atom. The number of rotatable bonds is 8. The number of amides is 3. The highest BCUT2D eigenvalue weighted by Gasteiger charge is 2.23. The number of hydrogen-bond acceptors (Lipinski definition) is 4. The molecule has 0 spiro atoms. The Kier molecular flexibility index (Phi) is 6.66. The Morgan fingerprint density at radius 2 is 1.79 bits per heavy atom. The summed E-state index contributed by atoms with van der Waals surface area (Å²) in [5.74, 6) is -0.216. The van der Waals surface area contributed by atoms with Gasteiger partial charge in [-0.1, -0.05) is 17.7 Å². The van der Waals surface area contributed by atoms with Crippen LogP contribution in [0.1, 0.15) is 24.0 Å². The van der Waals surface area contributed by atoms with Crippen molar-refractivity contribution < 1.29 is 14.4 Å². The van der Waals surface area contributed by atoms with Crippen molar-refractivity contribution in [1.29, 1.82) is 0 Å². The number of carbonyl (C=O) groups is 3. The minimum Gasteiger partial charge on any atom is -0.352 e. The van der Waals surface area contributed by atoms with Gasteiger partial charge in [-0.3, -0.25) is 14.4 Å². The van der Waals surface area contributed by atoms with Crippen molar-refractivity contribution in [2.45, 2.75) is 32.7 Å². The Balaban J connectivity index is 1.61. The summed E-state index contributed by atoms with van der Waals surface area (Å²) in [4.78, 5) is 35.0. The van der Waals surface area contributed by atoms with Crippen molar-refractivity contribution in [2.24, 2.45) is 0 Å². The summed E-state index contributed by atoms with van der Waals surface area (Å²) < 4.78 is 0. The summed E-state index contributed by atoms with van der Waals surface area (Å²) >= 11 is 1.22. The van der Waals surface area contributed by atoms with E-state index in [0.717, 1.165) is 29.7 Å². The van der Waals surface area contributed by atoms with Gasteiger partial charge in [0.15, 0.2) is 0 Å². The molecule has 1 aliphatic carbocycles. The van der Waals surface area contributed by atoms with Gasteiger partial charge in [0.05, 0.1) is 18.1 Å². The molecule has 3 amide bonds. The number of thioether (sulfide) groups is 1. The van der Waals surface area contributed by atoms with Crippen LogP contribution in [-0.2, 0) is 14.4 Å². The van der Waals surface area contributed by atoms with Gasteiger partial charge in [0, 0.05) is 11.7 Å². The number of anilines is 1. The predicted octanol–water partition coefficient (Wildman–Crippen LogP) is 1.37. The van der Waals surface area contributed by atoms with Crippen molar-refractivity contribution in [3.8, 4) is 0 Å². The van der Waals surface area contributed by atoms with Gasteiger partial charge in [-0.15, -0.1) is 11.8 Å². The summed E-state index contributed by atoms with van der Waals surface area (Å²) in [7, 11) is 0. The first-order valence-electron chi connectivity index (χ1n) is 7.95. The summed E-state index contributed by atoms with van der Waals surface area (Å²) in [5.41, 5.74) is 2.93. The maximum absolute atomic E-state index is 11.9. The molecule has 24 heavy (non-hydrogen) atoms. The molecule has 1 aliphatic rings. The molecule has 0 aliphatic heterocycles. The van der Waals surface area contributed by atoms with E-state index in [4.69, 9.17) is 0 Å². The summed E-state index contributed by atoms with van der Waals surface area (Å²) in [6.07, 6.45) is 2.04. The molecule has 3 N–H and O–H groups in total. The van der Waals surface area contributed by atoms with Crippen LogP contribution in [0.5, 0.6) is 0 Å². The van der Waals surface area contributed by atoms with E-state index in [2.05, 4.69) is 16.0 Å². The third kappa shape index (κ3) is 6.62. The Morgan fingerprint density at radius 1 is 1.08 bits per heavy atom. The number of benzene rings is 1. The molecule has 7 heteroatoms. The molecule has 0 radical (unpaired) electrons. The molecule has 0 bridgehead atoms. The second kappa shape index (κ2) is 8.73. The maximum Gasteiger partial charge on any atom is 0.239 e. The quantitative estimate of drug-likeness (QED) is 0.661. The van der Waals surface area contributed by atoms with Gasteiger partial charge in [-0.25, -0.2) is 0 Å². The smallest absolute Gasteiger partial charge is 0.239 e. The van der Waals surface area contributed by atoms with Gasteiger partial charge in [-0.2, -0.15) is 0 Å². The van der Waals surface area contributed by atoms with Gasteiger partial charge >= 0.3 is 0 Å². The van der Waals surface area contributed by atoms with Crippen molar-refractivity contribution in [3.63, 3.8) is 0 Å². The second-order valence-electron chi connectivity index (χ2n) is 5.98. The van der Waals surface area contributed by atoms with Crippen LogP contribution < -0.4 is 16.0 Å². The normalized spacial score (nSPS) is 13.2. The largest absolute Gasteiger partial charge is 0.352 e. The fourth-order valence-corrected chi connectivity index (χ4v) is 2.76. The lowest BCUT2D eigenvalue weighted by Crippen LogP contribution is -2.38. The van der Waals surface area contributed by atoms with Crippen molar-refractivity contribution in [2.75, 3.05) is 23.4 Å². The number of nitrogens with one attached hydrogen (secondary N) is 3. The van der Waals surface area contributed by atoms with E-state index in [-0.39, 0.29) is 41.8 Å². The molecule has 0 aromatic heterocycles. The van der Waals surface area contributed by atoms with Crippen molar-refractivity contribution in [3.05, 3.63) is 29.3 Å². The average Bonchev–Trinajstić information content (AvgIpc) is 3.32. The minimum absolute atomic E-state index is 0.00927. The first kappa shape index (κ1) is 18.3. The van der Waals surface area contributed by atoms with Gasteiger partial charge < -0.3 is 16.0 Å². The Bertz CT molecular complexity index is 630. The molecule has 6 nitrogen and oxygen atoms in total. The lowest BCUT2D eigenvalue weighted by molar-refractivity contribution is -0.124. The SMILES string of the molecule is Cc1ccc(NC(=O)CSCC(=O)NCC(=O)NC2CC2)c(C)c1. The molecule has 1 aromatic carbocycles. The summed E-state index contributed by atoms with van der Waals surface area (Å²) in [5, 5.41) is 8.18. The van der Waals surface area contributed by atoms with Gasteiger partial charge in [0.25, 0.3) is 0 Å². The molecule has 0 saturated heterocycles. The van der Waals surface area contributed by atoms with E-state index in [0.29, 0.717) is 0 Å². The van der Waals surface area contributed by atoms with E-state index in [1.54, 1.807) is 0 Å². The average molecular weight is 349 g/mol. The fourth-order valence-electron chi connectivity index (χ4n) is 2.11. The number of aryl methyl sites for hydroxylation is 2. The number of carbonyl (C=O) groups excluding carboxylic acids is 3. The van der Waals surface area contributed by atoms with E-state index in [1.807, 2.05) is 32.0 Å². The van der Waals surface area contributed by atoms with Crippen LogP contribution in [0.15, 0.2) is 18.2 Å².